The molecule has 1 aromatic carbocycles. The van der Waals surface area contributed by atoms with E-state index in [9.17, 15) is 0 Å². The zero-order valence-corrected chi connectivity index (χ0v) is 16.2. The maximum absolute atomic E-state index is 8.70. The summed E-state index contributed by atoms with van der Waals surface area (Å²) in [6.07, 6.45) is 3.71. The van der Waals surface area contributed by atoms with E-state index in [0.717, 1.165) is 36.6 Å². The topological polar surface area (TPSA) is 121 Å². The standard InChI is InChI=1S/C19H25N7S/c1-25-17(10-18(24-25)26-5-2-7-27-8-6-26)19(23)15-9-13(3-4-16(15)22)14(11-20)12-21/h3-4,9-12,20,23H,2,5-8,21-22H2,1H3/b14-12+,20-11?,23-19?. The number of nitrogens with two attached hydrogens (primary N) is 2. The van der Waals surface area contributed by atoms with Gasteiger partial charge in [0.2, 0.25) is 0 Å². The summed E-state index contributed by atoms with van der Waals surface area (Å²) in [5.41, 5.74) is 15.2. The lowest BCUT2D eigenvalue weighted by Crippen LogP contribution is -2.25. The monoisotopic (exact) mass is 383 g/mol. The minimum absolute atomic E-state index is 0.307. The van der Waals surface area contributed by atoms with Crippen molar-refractivity contribution in [3.63, 3.8) is 0 Å². The average molecular weight is 384 g/mol. The molecule has 0 saturated carbocycles. The molecule has 0 unspecified atom stereocenters. The minimum atomic E-state index is 0.307. The van der Waals surface area contributed by atoms with Crippen molar-refractivity contribution in [3.8, 4) is 0 Å². The fourth-order valence-electron chi connectivity index (χ4n) is 3.13. The Balaban J connectivity index is 1.94. The molecule has 3 rings (SSSR count). The SMILES string of the molecule is Cn1nc(N2CCCSCC2)cc1C(=N)c1cc(/C(C=N)=C/N)ccc1N. The number of nitrogens with zero attached hydrogens (tertiary/aromatic N) is 3. The Morgan fingerprint density at radius 3 is 2.81 bits per heavy atom. The first-order chi connectivity index (χ1) is 13.0. The van der Waals surface area contributed by atoms with E-state index in [2.05, 4.69) is 10.00 Å². The van der Waals surface area contributed by atoms with Crippen LogP contribution in [-0.2, 0) is 7.05 Å². The van der Waals surface area contributed by atoms with E-state index < -0.39 is 0 Å². The molecule has 1 aliphatic heterocycles. The lowest BCUT2D eigenvalue weighted by Gasteiger charge is -2.18. The molecular weight excluding hydrogens is 358 g/mol. The fourth-order valence-corrected chi connectivity index (χ4v) is 4.02. The summed E-state index contributed by atoms with van der Waals surface area (Å²) in [6, 6.07) is 7.31. The molecule has 0 bridgehead atoms. The van der Waals surface area contributed by atoms with Gasteiger partial charge in [-0.15, -0.1) is 0 Å². The molecule has 0 amide bonds. The van der Waals surface area contributed by atoms with Crippen LogP contribution in [0.25, 0.3) is 5.57 Å². The molecule has 0 radical (unpaired) electrons. The van der Waals surface area contributed by atoms with Gasteiger partial charge < -0.3 is 21.8 Å². The van der Waals surface area contributed by atoms with Crippen LogP contribution in [0, 0.1) is 10.8 Å². The van der Waals surface area contributed by atoms with Crippen LogP contribution in [0.1, 0.15) is 23.2 Å². The minimum Gasteiger partial charge on any atom is -0.404 e. The Morgan fingerprint density at radius 1 is 1.26 bits per heavy atom. The van der Waals surface area contributed by atoms with Gasteiger partial charge in [0, 0.05) is 61.2 Å². The number of rotatable bonds is 5. The largest absolute Gasteiger partial charge is 0.404 e. The van der Waals surface area contributed by atoms with E-state index >= 15 is 0 Å². The van der Waals surface area contributed by atoms with Crippen molar-refractivity contribution in [1.29, 1.82) is 10.8 Å². The molecule has 2 aromatic rings. The van der Waals surface area contributed by atoms with Crippen LogP contribution in [0.5, 0.6) is 0 Å². The van der Waals surface area contributed by atoms with Crippen LogP contribution < -0.4 is 16.4 Å². The van der Waals surface area contributed by atoms with Gasteiger partial charge in [-0.2, -0.15) is 16.9 Å². The molecule has 2 heterocycles. The first kappa shape index (κ1) is 19.0. The summed E-state index contributed by atoms with van der Waals surface area (Å²) in [5.74, 6) is 3.17. The van der Waals surface area contributed by atoms with E-state index in [1.54, 1.807) is 22.9 Å². The number of hydrogen-bond donors (Lipinski definition) is 4. The molecule has 27 heavy (non-hydrogen) atoms. The second-order valence-electron chi connectivity index (χ2n) is 6.41. The van der Waals surface area contributed by atoms with Crippen LogP contribution in [0.15, 0.2) is 30.5 Å². The van der Waals surface area contributed by atoms with Crippen molar-refractivity contribution >= 4 is 40.8 Å². The van der Waals surface area contributed by atoms with Gasteiger partial charge in [-0.1, -0.05) is 6.07 Å². The van der Waals surface area contributed by atoms with Gasteiger partial charge in [0.25, 0.3) is 0 Å². The van der Waals surface area contributed by atoms with Gasteiger partial charge in [-0.05, 0) is 29.9 Å². The third kappa shape index (κ3) is 4.00. The molecule has 6 N–H and O–H groups in total. The number of hydrogen-bond acceptors (Lipinski definition) is 7. The highest BCUT2D eigenvalue weighted by molar-refractivity contribution is 7.99. The van der Waals surface area contributed by atoms with Crippen molar-refractivity contribution in [2.24, 2.45) is 12.8 Å². The molecule has 0 aliphatic carbocycles. The quantitative estimate of drug-likeness (QED) is 0.466. The van der Waals surface area contributed by atoms with Gasteiger partial charge >= 0.3 is 0 Å². The number of aromatic nitrogens is 2. The van der Waals surface area contributed by atoms with E-state index in [-0.39, 0.29) is 0 Å². The number of nitrogens with one attached hydrogen (secondary N) is 2. The Morgan fingerprint density at radius 2 is 2.07 bits per heavy atom. The zero-order valence-electron chi connectivity index (χ0n) is 15.4. The third-order valence-electron chi connectivity index (χ3n) is 4.66. The van der Waals surface area contributed by atoms with Crippen LogP contribution in [0.2, 0.25) is 0 Å². The first-order valence-electron chi connectivity index (χ1n) is 8.83. The van der Waals surface area contributed by atoms with Crippen molar-refractivity contribution < 1.29 is 0 Å². The van der Waals surface area contributed by atoms with Gasteiger partial charge in [-0.3, -0.25) is 10.1 Å². The van der Waals surface area contributed by atoms with E-state index in [1.807, 2.05) is 24.9 Å². The molecule has 1 aliphatic rings. The second-order valence-corrected chi connectivity index (χ2v) is 7.63. The summed E-state index contributed by atoms with van der Waals surface area (Å²) < 4.78 is 1.73. The number of anilines is 2. The molecule has 8 heteroatoms. The van der Waals surface area contributed by atoms with Crippen molar-refractivity contribution in [3.05, 3.63) is 47.3 Å². The molecule has 142 valence electrons. The normalized spacial score (nSPS) is 15.4. The van der Waals surface area contributed by atoms with E-state index in [1.165, 1.54) is 18.2 Å². The average Bonchev–Trinajstić information content (AvgIpc) is 2.88. The lowest BCUT2D eigenvalue weighted by atomic mass is 9.99. The fraction of sp³-hybridized carbons (Fsp3) is 0.316. The highest BCUT2D eigenvalue weighted by atomic mass is 32.2. The number of thioether (sulfide) groups is 1. The molecular formula is C19H25N7S. The maximum atomic E-state index is 8.70. The van der Waals surface area contributed by atoms with Gasteiger partial charge in [0.05, 0.1) is 11.4 Å². The first-order valence-corrected chi connectivity index (χ1v) is 9.99. The highest BCUT2D eigenvalue weighted by Gasteiger charge is 2.19. The van der Waals surface area contributed by atoms with Crippen molar-refractivity contribution in [1.82, 2.24) is 9.78 Å². The Kier molecular flexibility index (Phi) is 5.85. The van der Waals surface area contributed by atoms with Crippen molar-refractivity contribution in [2.45, 2.75) is 6.42 Å². The Hall–Kier alpha value is -2.74. The molecule has 1 saturated heterocycles. The van der Waals surface area contributed by atoms with Crippen LogP contribution in [-0.4, -0.2) is 46.3 Å². The molecule has 1 aromatic heterocycles. The summed E-state index contributed by atoms with van der Waals surface area (Å²) in [6.45, 7) is 1.95. The number of benzene rings is 1. The number of aryl methyl sites for hydroxylation is 1. The van der Waals surface area contributed by atoms with Crippen molar-refractivity contribution in [2.75, 3.05) is 35.2 Å². The van der Waals surface area contributed by atoms with Crippen LogP contribution >= 0.6 is 11.8 Å². The smallest absolute Gasteiger partial charge is 0.151 e. The zero-order chi connectivity index (χ0) is 19.4. The summed E-state index contributed by atoms with van der Waals surface area (Å²) >= 11 is 1.97. The predicted octanol–water partition coefficient (Wildman–Crippen LogP) is 2.31. The van der Waals surface area contributed by atoms with Crippen LogP contribution in [0.4, 0.5) is 11.5 Å². The summed E-state index contributed by atoms with van der Waals surface area (Å²) in [5, 5.41) is 20.8. The number of nitrogen functional groups attached to an aromatic ring is 1. The lowest BCUT2D eigenvalue weighted by molar-refractivity contribution is 0.730. The van der Waals surface area contributed by atoms with E-state index in [4.69, 9.17) is 22.3 Å². The molecule has 1 fully saturated rings. The summed E-state index contributed by atoms with van der Waals surface area (Å²) in [7, 11) is 1.85. The molecule has 0 spiro atoms. The Labute approximate surface area is 163 Å². The molecule has 7 nitrogen and oxygen atoms in total. The third-order valence-corrected chi connectivity index (χ3v) is 5.71. The van der Waals surface area contributed by atoms with Gasteiger partial charge in [0.15, 0.2) is 5.82 Å². The summed E-state index contributed by atoms with van der Waals surface area (Å²) in [4.78, 5) is 2.28. The van der Waals surface area contributed by atoms with E-state index in [0.29, 0.717) is 28.2 Å². The number of allylic oxidation sites excluding steroid dienone is 1. The Bertz CT molecular complexity index is 876. The predicted molar refractivity (Wildman–Crippen MR) is 115 cm³/mol. The maximum Gasteiger partial charge on any atom is 0.151 e. The molecule has 0 atom stereocenters. The van der Waals surface area contributed by atoms with Gasteiger partial charge in [0.1, 0.15) is 0 Å². The second kappa shape index (κ2) is 8.30. The van der Waals surface area contributed by atoms with Gasteiger partial charge in [-0.25, -0.2) is 0 Å². The van der Waals surface area contributed by atoms with Crippen LogP contribution in [0.3, 0.4) is 0 Å². The highest BCUT2D eigenvalue weighted by Crippen LogP contribution is 2.24.